The summed E-state index contributed by atoms with van der Waals surface area (Å²) in [6, 6.07) is 5.20. The largest absolute Gasteiger partial charge is 0.493 e. The van der Waals surface area contributed by atoms with Gasteiger partial charge in [0.25, 0.3) is 0 Å². The number of fused-ring (bicyclic) bond motifs is 1. The minimum Gasteiger partial charge on any atom is -0.493 e. The Balaban J connectivity index is 2.66. The van der Waals surface area contributed by atoms with Gasteiger partial charge in [-0.1, -0.05) is 0 Å². The zero-order valence-electron chi connectivity index (χ0n) is 10.4. The van der Waals surface area contributed by atoms with E-state index in [-0.39, 0.29) is 12.4 Å². The molecule has 0 aliphatic carbocycles. The van der Waals surface area contributed by atoms with Gasteiger partial charge in [0.2, 0.25) is 18.3 Å². The predicted octanol–water partition coefficient (Wildman–Crippen LogP) is 1.86. The highest BCUT2D eigenvalue weighted by atomic mass is 16.7. The molecule has 0 fully saturated rings. The van der Waals surface area contributed by atoms with Crippen molar-refractivity contribution >= 4 is 6.08 Å². The first-order valence-electron chi connectivity index (χ1n) is 5.31. The fourth-order valence-electron chi connectivity index (χ4n) is 1.75. The van der Waals surface area contributed by atoms with Crippen LogP contribution in [0.4, 0.5) is 0 Å². The summed E-state index contributed by atoms with van der Waals surface area (Å²) >= 11 is 0. The maximum atomic E-state index is 8.80. The first kappa shape index (κ1) is 12.6. The van der Waals surface area contributed by atoms with Crippen molar-refractivity contribution in [3.8, 4) is 35.1 Å². The fraction of sp³-hybridized carbons (Fsp3) is 0.231. The van der Waals surface area contributed by atoms with Crippen molar-refractivity contribution in [1.82, 2.24) is 0 Å². The van der Waals surface area contributed by atoms with Crippen LogP contribution in [0.1, 0.15) is 5.56 Å². The van der Waals surface area contributed by atoms with E-state index in [4.69, 9.17) is 29.5 Å². The van der Waals surface area contributed by atoms with Crippen molar-refractivity contribution in [2.24, 2.45) is 0 Å². The molecule has 0 aromatic heterocycles. The highest BCUT2D eigenvalue weighted by molar-refractivity contribution is 5.74. The van der Waals surface area contributed by atoms with Crippen molar-refractivity contribution in [3.63, 3.8) is 0 Å². The molecule has 0 saturated carbocycles. The topological polar surface area (TPSA) is 84.5 Å². The molecule has 0 unspecified atom stereocenters. The van der Waals surface area contributed by atoms with E-state index >= 15 is 0 Å². The number of allylic oxidation sites excluding steroid dienone is 1. The first-order valence-corrected chi connectivity index (χ1v) is 5.31. The van der Waals surface area contributed by atoms with Crippen LogP contribution >= 0.6 is 0 Å². The van der Waals surface area contributed by atoms with E-state index in [1.807, 2.05) is 0 Å². The number of nitriles is 2. The normalized spacial score (nSPS) is 11.2. The standard InChI is InChI=1S/C13H10N2O4/c1-16-10-4-9(3-8(5-14)6-15)11(17-2)13-12(10)18-7-19-13/h3-4H,7H2,1-2H3. The fourth-order valence-corrected chi connectivity index (χ4v) is 1.75. The average Bonchev–Trinajstić information content (AvgIpc) is 2.92. The van der Waals surface area contributed by atoms with Gasteiger partial charge in [-0.2, -0.15) is 10.5 Å². The minimum absolute atomic E-state index is 0.0424. The molecule has 0 saturated heterocycles. The molecule has 96 valence electrons. The second kappa shape index (κ2) is 5.19. The molecule has 0 radical (unpaired) electrons. The van der Waals surface area contributed by atoms with Crippen molar-refractivity contribution in [3.05, 3.63) is 17.2 Å². The van der Waals surface area contributed by atoms with Crippen LogP contribution in [0.25, 0.3) is 6.08 Å². The number of rotatable bonds is 3. The molecular weight excluding hydrogens is 248 g/mol. The molecule has 1 aromatic rings. The maximum absolute atomic E-state index is 8.80. The quantitative estimate of drug-likeness (QED) is 0.769. The molecule has 19 heavy (non-hydrogen) atoms. The Morgan fingerprint density at radius 1 is 1.21 bits per heavy atom. The van der Waals surface area contributed by atoms with E-state index in [2.05, 4.69) is 0 Å². The predicted molar refractivity (Wildman–Crippen MR) is 64.9 cm³/mol. The summed E-state index contributed by atoms with van der Waals surface area (Å²) < 4.78 is 21.1. The summed E-state index contributed by atoms with van der Waals surface area (Å²) in [4.78, 5) is 0. The lowest BCUT2D eigenvalue weighted by atomic mass is 10.1. The number of methoxy groups -OCH3 is 2. The van der Waals surface area contributed by atoms with Gasteiger partial charge in [0, 0.05) is 5.56 Å². The Bertz CT molecular complexity index is 607. The maximum Gasteiger partial charge on any atom is 0.231 e. The van der Waals surface area contributed by atoms with Crippen LogP contribution in [0.15, 0.2) is 11.6 Å². The summed E-state index contributed by atoms with van der Waals surface area (Å²) in [5.41, 5.74) is 0.473. The van der Waals surface area contributed by atoms with E-state index < -0.39 is 0 Å². The Hall–Kier alpha value is -2.86. The molecule has 0 amide bonds. The SMILES string of the molecule is COc1cc(C=C(C#N)C#N)c(OC)c2c1OCO2. The van der Waals surface area contributed by atoms with Crippen LogP contribution in [0, 0.1) is 22.7 Å². The molecule has 1 aliphatic rings. The Labute approximate surface area is 110 Å². The first-order chi connectivity index (χ1) is 9.24. The Morgan fingerprint density at radius 2 is 1.89 bits per heavy atom. The number of benzene rings is 1. The molecule has 1 aliphatic heterocycles. The third kappa shape index (κ3) is 2.12. The molecule has 0 N–H and O–H groups in total. The molecule has 0 atom stereocenters. The summed E-state index contributed by atoms with van der Waals surface area (Å²) in [6.07, 6.45) is 1.41. The lowest BCUT2D eigenvalue weighted by molar-refractivity contribution is 0.168. The van der Waals surface area contributed by atoms with E-state index in [9.17, 15) is 0 Å². The van der Waals surface area contributed by atoms with E-state index in [0.29, 0.717) is 28.6 Å². The number of hydrogen-bond acceptors (Lipinski definition) is 6. The summed E-state index contributed by atoms with van der Waals surface area (Å²) in [7, 11) is 2.96. The molecule has 2 rings (SSSR count). The summed E-state index contributed by atoms with van der Waals surface area (Å²) in [6.45, 7) is 0.0680. The van der Waals surface area contributed by atoms with Crippen LogP contribution in [0.3, 0.4) is 0 Å². The van der Waals surface area contributed by atoms with Crippen molar-refractivity contribution < 1.29 is 18.9 Å². The minimum atomic E-state index is -0.0424. The lowest BCUT2D eigenvalue weighted by Gasteiger charge is -2.11. The van der Waals surface area contributed by atoms with Crippen LogP contribution in [-0.2, 0) is 0 Å². The van der Waals surface area contributed by atoms with E-state index in [1.165, 1.54) is 20.3 Å². The molecule has 0 bridgehead atoms. The Morgan fingerprint density at radius 3 is 2.47 bits per heavy atom. The average molecular weight is 258 g/mol. The van der Waals surface area contributed by atoms with Crippen LogP contribution in [0.2, 0.25) is 0 Å². The summed E-state index contributed by atoms with van der Waals surface area (Å²) in [5, 5.41) is 17.6. The van der Waals surface area contributed by atoms with Gasteiger partial charge >= 0.3 is 0 Å². The van der Waals surface area contributed by atoms with Gasteiger partial charge in [-0.05, 0) is 12.1 Å². The van der Waals surface area contributed by atoms with Gasteiger partial charge in [0.15, 0.2) is 11.5 Å². The van der Waals surface area contributed by atoms with Gasteiger partial charge in [-0.25, -0.2) is 0 Å². The molecule has 1 aromatic carbocycles. The second-order valence-corrected chi connectivity index (χ2v) is 3.55. The van der Waals surface area contributed by atoms with Crippen LogP contribution in [-0.4, -0.2) is 21.0 Å². The number of hydrogen-bond donors (Lipinski definition) is 0. The van der Waals surface area contributed by atoms with Gasteiger partial charge in [-0.3, -0.25) is 0 Å². The van der Waals surface area contributed by atoms with Gasteiger partial charge in [0.05, 0.1) is 14.2 Å². The monoisotopic (exact) mass is 258 g/mol. The highest BCUT2D eigenvalue weighted by Crippen LogP contribution is 2.49. The third-order valence-electron chi connectivity index (χ3n) is 2.56. The van der Waals surface area contributed by atoms with E-state index in [0.717, 1.165) is 0 Å². The molecule has 6 heteroatoms. The van der Waals surface area contributed by atoms with Gasteiger partial charge < -0.3 is 18.9 Å². The van der Waals surface area contributed by atoms with Crippen molar-refractivity contribution in [1.29, 1.82) is 10.5 Å². The summed E-state index contributed by atoms with van der Waals surface area (Å²) in [5.74, 6) is 1.71. The number of ether oxygens (including phenoxy) is 4. The van der Waals surface area contributed by atoms with Crippen LogP contribution in [0.5, 0.6) is 23.0 Å². The highest BCUT2D eigenvalue weighted by Gasteiger charge is 2.26. The Kier molecular flexibility index (Phi) is 3.44. The molecular formula is C13H10N2O4. The number of nitrogens with zero attached hydrogens (tertiary/aromatic N) is 2. The lowest BCUT2D eigenvalue weighted by Crippen LogP contribution is -1.94. The van der Waals surface area contributed by atoms with Gasteiger partial charge in [0.1, 0.15) is 17.7 Å². The van der Waals surface area contributed by atoms with Crippen molar-refractivity contribution in [2.45, 2.75) is 0 Å². The third-order valence-corrected chi connectivity index (χ3v) is 2.56. The smallest absolute Gasteiger partial charge is 0.231 e. The van der Waals surface area contributed by atoms with Gasteiger partial charge in [-0.15, -0.1) is 0 Å². The molecule has 0 spiro atoms. The molecule has 6 nitrogen and oxygen atoms in total. The second-order valence-electron chi connectivity index (χ2n) is 3.55. The molecule has 1 heterocycles. The van der Waals surface area contributed by atoms with Crippen molar-refractivity contribution in [2.75, 3.05) is 21.0 Å². The van der Waals surface area contributed by atoms with Crippen LogP contribution < -0.4 is 18.9 Å². The van der Waals surface area contributed by atoms with E-state index in [1.54, 1.807) is 18.2 Å². The zero-order chi connectivity index (χ0) is 13.8. The zero-order valence-corrected chi connectivity index (χ0v) is 10.4.